The summed E-state index contributed by atoms with van der Waals surface area (Å²) >= 11 is 0. The normalized spacial score (nSPS) is 16.3. The van der Waals surface area contributed by atoms with Crippen molar-refractivity contribution in [3.63, 3.8) is 0 Å². The van der Waals surface area contributed by atoms with Crippen LogP contribution in [0.5, 0.6) is 11.5 Å². The zero-order chi connectivity index (χ0) is 14.5. The second-order valence-corrected chi connectivity index (χ2v) is 4.83. The standard InChI is InChI=1S/C16H16N2O3/c19-16(18-12-4-3-9-17-10-12)8-7-13-11-20-14-5-1-2-6-15(14)21-13/h1-6,9-10,13H,7-8,11H2,(H,18,19)/t13-/m1/s1. The van der Waals surface area contributed by atoms with E-state index in [-0.39, 0.29) is 12.0 Å². The molecule has 1 aromatic heterocycles. The van der Waals surface area contributed by atoms with Gasteiger partial charge in [-0.15, -0.1) is 0 Å². The third-order valence-corrected chi connectivity index (χ3v) is 3.21. The molecule has 0 radical (unpaired) electrons. The lowest BCUT2D eigenvalue weighted by atomic mass is 10.1. The van der Waals surface area contributed by atoms with Crippen molar-refractivity contribution in [2.24, 2.45) is 0 Å². The van der Waals surface area contributed by atoms with Gasteiger partial charge in [0.15, 0.2) is 11.5 Å². The second-order valence-electron chi connectivity index (χ2n) is 4.83. The first-order valence-corrected chi connectivity index (χ1v) is 6.89. The molecular formula is C16H16N2O3. The van der Waals surface area contributed by atoms with E-state index in [0.717, 1.165) is 11.5 Å². The van der Waals surface area contributed by atoms with E-state index in [1.165, 1.54) is 0 Å². The molecule has 0 spiro atoms. The minimum Gasteiger partial charge on any atom is -0.486 e. The number of carbonyl (C=O) groups is 1. The van der Waals surface area contributed by atoms with Crippen molar-refractivity contribution in [3.05, 3.63) is 48.8 Å². The van der Waals surface area contributed by atoms with Gasteiger partial charge in [-0.25, -0.2) is 0 Å². The van der Waals surface area contributed by atoms with Crippen LogP contribution >= 0.6 is 0 Å². The molecule has 1 N–H and O–H groups in total. The van der Waals surface area contributed by atoms with Crippen LogP contribution < -0.4 is 14.8 Å². The highest BCUT2D eigenvalue weighted by Gasteiger charge is 2.21. The maximum Gasteiger partial charge on any atom is 0.224 e. The highest BCUT2D eigenvalue weighted by Crippen LogP contribution is 2.31. The average molecular weight is 284 g/mol. The molecule has 0 bridgehead atoms. The van der Waals surface area contributed by atoms with Gasteiger partial charge in [-0.3, -0.25) is 9.78 Å². The number of nitrogens with one attached hydrogen (secondary N) is 1. The summed E-state index contributed by atoms with van der Waals surface area (Å²) in [4.78, 5) is 15.8. The fourth-order valence-electron chi connectivity index (χ4n) is 2.16. The van der Waals surface area contributed by atoms with Crippen LogP contribution in [0.15, 0.2) is 48.8 Å². The maximum atomic E-state index is 11.9. The second kappa shape index (κ2) is 6.26. The Morgan fingerprint density at radius 1 is 1.24 bits per heavy atom. The van der Waals surface area contributed by atoms with Crippen molar-refractivity contribution in [3.8, 4) is 11.5 Å². The van der Waals surface area contributed by atoms with Crippen molar-refractivity contribution >= 4 is 11.6 Å². The van der Waals surface area contributed by atoms with E-state index in [0.29, 0.717) is 25.1 Å². The average Bonchev–Trinajstić information content (AvgIpc) is 2.54. The topological polar surface area (TPSA) is 60.5 Å². The Balaban J connectivity index is 1.49. The first-order chi connectivity index (χ1) is 10.3. The largest absolute Gasteiger partial charge is 0.486 e. The summed E-state index contributed by atoms with van der Waals surface area (Å²) in [7, 11) is 0. The van der Waals surface area contributed by atoms with Gasteiger partial charge < -0.3 is 14.8 Å². The molecule has 2 aromatic rings. The van der Waals surface area contributed by atoms with Gasteiger partial charge in [0, 0.05) is 12.6 Å². The Bertz CT molecular complexity index is 616. The maximum absolute atomic E-state index is 11.9. The van der Waals surface area contributed by atoms with Crippen molar-refractivity contribution in [2.75, 3.05) is 11.9 Å². The van der Waals surface area contributed by atoms with E-state index in [9.17, 15) is 4.79 Å². The summed E-state index contributed by atoms with van der Waals surface area (Å²) in [6.07, 6.45) is 4.18. The summed E-state index contributed by atoms with van der Waals surface area (Å²) in [5, 5.41) is 2.80. The fraction of sp³-hybridized carbons (Fsp3) is 0.250. The van der Waals surface area contributed by atoms with Crippen LogP contribution in [-0.2, 0) is 4.79 Å². The summed E-state index contributed by atoms with van der Waals surface area (Å²) in [6, 6.07) is 11.1. The number of benzene rings is 1. The van der Waals surface area contributed by atoms with E-state index in [1.54, 1.807) is 24.5 Å². The lowest BCUT2D eigenvalue weighted by Gasteiger charge is -2.26. The number of hydrogen-bond donors (Lipinski definition) is 1. The molecule has 0 aliphatic carbocycles. The summed E-state index contributed by atoms with van der Waals surface area (Å²) in [5.74, 6) is 1.44. The van der Waals surface area contributed by atoms with E-state index >= 15 is 0 Å². The number of para-hydroxylation sites is 2. The van der Waals surface area contributed by atoms with Crippen molar-refractivity contribution in [1.29, 1.82) is 0 Å². The Labute approximate surface area is 122 Å². The highest BCUT2D eigenvalue weighted by molar-refractivity contribution is 5.90. The molecule has 1 atom stereocenters. The van der Waals surface area contributed by atoms with Gasteiger partial charge >= 0.3 is 0 Å². The number of amides is 1. The number of anilines is 1. The molecule has 5 heteroatoms. The number of carbonyl (C=O) groups excluding carboxylic acids is 1. The zero-order valence-electron chi connectivity index (χ0n) is 11.5. The molecule has 1 aliphatic heterocycles. The monoisotopic (exact) mass is 284 g/mol. The molecule has 0 unspecified atom stereocenters. The Kier molecular flexibility index (Phi) is 4.00. The third kappa shape index (κ3) is 3.51. The lowest BCUT2D eigenvalue weighted by molar-refractivity contribution is -0.116. The van der Waals surface area contributed by atoms with E-state index < -0.39 is 0 Å². The van der Waals surface area contributed by atoms with Crippen molar-refractivity contribution in [1.82, 2.24) is 4.98 Å². The molecule has 0 saturated carbocycles. The Hall–Kier alpha value is -2.56. The molecule has 2 heterocycles. The van der Waals surface area contributed by atoms with Gasteiger partial charge in [0.05, 0.1) is 11.9 Å². The number of aromatic nitrogens is 1. The Morgan fingerprint density at radius 3 is 2.90 bits per heavy atom. The molecule has 0 fully saturated rings. The molecule has 1 aromatic carbocycles. The summed E-state index contributed by atoms with van der Waals surface area (Å²) in [6.45, 7) is 0.469. The molecule has 108 valence electrons. The van der Waals surface area contributed by atoms with E-state index in [4.69, 9.17) is 9.47 Å². The third-order valence-electron chi connectivity index (χ3n) is 3.21. The van der Waals surface area contributed by atoms with Crippen molar-refractivity contribution in [2.45, 2.75) is 18.9 Å². The van der Waals surface area contributed by atoms with Gasteiger partial charge in [0.2, 0.25) is 5.91 Å². The fourth-order valence-corrected chi connectivity index (χ4v) is 2.16. The smallest absolute Gasteiger partial charge is 0.224 e. The molecule has 1 amide bonds. The van der Waals surface area contributed by atoms with Crippen LogP contribution in [0.2, 0.25) is 0 Å². The molecule has 3 rings (SSSR count). The Morgan fingerprint density at radius 2 is 2.10 bits per heavy atom. The highest BCUT2D eigenvalue weighted by atomic mass is 16.6. The van der Waals surface area contributed by atoms with Crippen LogP contribution in [-0.4, -0.2) is 23.6 Å². The summed E-state index contributed by atoms with van der Waals surface area (Å²) < 4.78 is 11.4. The van der Waals surface area contributed by atoms with Gasteiger partial charge in [-0.2, -0.15) is 0 Å². The van der Waals surface area contributed by atoms with Gasteiger partial charge in [-0.05, 0) is 30.7 Å². The van der Waals surface area contributed by atoms with Crippen molar-refractivity contribution < 1.29 is 14.3 Å². The van der Waals surface area contributed by atoms with E-state index in [1.807, 2.05) is 24.3 Å². The van der Waals surface area contributed by atoms with Gasteiger partial charge in [0.1, 0.15) is 12.7 Å². The molecular weight excluding hydrogens is 268 g/mol. The van der Waals surface area contributed by atoms with Crippen LogP contribution in [0.1, 0.15) is 12.8 Å². The lowest BCUT2D eigenvalue weighted by Crippen LogP contribution is -2.30. The van der Waals surface area contributed by atoms with Crippen LogP contribution in [0.3, 0.4) is 0 Å². The minimum atomic E-state index is -0.0976. The molecule has 0 saturated heterocycles. The summed E-state index contributed by atoms with van der Waals surface area (Å²) in [5.41, 5.74) is 0.702. The number of nitrogens with zero attached hydrogens (tertiary/aromatic N) is 1. The first-order valence-electron chi connectivity index (χ1n) is 6.89. The number of fused-ring (bicyclic) bond motifs is 1. The SMILES string of the molecule is O=C(CC[C@@H]1COc2ccccc2O1)Nc1cccnc1. The van der Waals surface area contributed by atoms with Gasteiger partial charge in [0.25, 0.3) is 0 Å². The van der Waals surface area contributed by atoms with Crippen LogP contribution in [0.4, 0.5) is 5.69 Å². The molecule has 5 nitrogen and oxygen atoms in total. The van der Waals surface area contributed by atoms with Crippen LogP contribution in [0, 0.1) is 0 Å². The van der Waals surface area contributed by atoms with Gasteiger partial charge in [-0.1, -0.05) is 12.1 Å². The molecule has 21 heavy (non-hydrogen) atoms. The zero-order valence-corrected chi connectivity index (χ0v) is 11.5. The van der Waals surface area contributed by atoms with Crippen LogP contribution in [0.25, 0.3) is 0 Å². The minimum absolute atomic E-state index is 0.0505. The number of ether oxygens (including phenoxy) is 2. The number of rotatable bonds is 4. The molecule has 1 aliphatic rings. The number of pyridine rings is 1. The predicted octanol–water partition coefficient (Wildman–Crippen LogP) is 2.64. The quantitative estimate of drug-likeness (QED) is 0.937. The first kappa shape index (κ1) is 13.4. The number of hydrogen-bond acceptors (Lipinski definition) is 4. The predicted molar refractivity (Wildman–Crippen MR) is 78.5 cm³/mol. The van der Waals surface area contributed by atoms with E-state index in [2.05, 4.69) is 10.3 Å².